The number of hydrogen-bond donors (Lipinski definition) is 1. The Morgan fingerprint density at radius 2 is 2.14 bits per heavy atom. The Bertz CT molecular complexity index is 996. The van der Waals surface area contributed by atoms with E-state index >= 15 is 0 Å². The van der Waals surface area contributed by atoms with Crippen molar-refractivity contribution in [3.8, 4) is 17.2 Å². The van der Waals surface area contributed by atoms with E-state index in [2.05, 4.69) is 15.4 Å². The second-order valence-corrected chi connectivity index (χ2v) is 7.18. The van der Waals surface area contributed by atoms with Crippen molar-refractivity contribution in [3.63, 3.8) is 0 Å². The van der Waals surface area contributed by atoms with Gasteiger partial charge in [-0.2, -0.15) is 5.10 Å². The van der Waals surface area contributed by atoms with Crippen LogP contribution < -0.4 is 14.8 Å². The molecule has 1 aliphatic rings. The first-order chi connectivity index (χ1) is 14.1. The highest BCUT2D eigenvalue weighted by atomic mass is 35.5. The molecule has 1 unspecified atom stereocenters. The van der Waals surface area contributed by atoms with E-state index in [1.807, 2.05) is 36.2 Å². The Balaban J connectivity index is 1.36. The summed E-state index contributed by atoms with van der Waals surface area (Å²) in [6.45, 7) is 1.17. The quantitative estimate of drug-likeness (QED) is 0.669. The van der Waals surface area contributed by atoms with Crippen LogP contribution in [0.5, 0.6) is 11.5 Å². The van der Waals surface area contributed by atoms with Gasteiger partial charge in [0.25, 0.3) is 0 Å². The van der Waals surface area contributed by atoms with Crippen molar-refractivity contribution in [2.75, 3.05) is 32.1 Å². The Morgan fingerprint density at radius 1 is 1.31 bits per heavy atom. The van der Waals surface area contributed by atoms with Gasteiger partial charge in [0.15, 0.2) is 11.5 Å². The summed E-state index contributed by atoms with van der Waals surface area (Å²) in [7, 11) is 1.86. The van der Waals surface area contributed by atoms with Crippen LogP contribution in [0.4, 0.5) is 5.69 Å². The van der Waals surface area contributed by atoms with E-state index in [4.69, 9.17) is 21.1 Å². The molecule has 4 rings (SSSR count). The predicted octanol–water partition coefficient (Wildman–Crippen LogP) is 2.63. The van der Waals surface area contributed by atoms with Gasteiger partial charge in [0.1, 0.15) is 25.4 Å². The number of amides is 1. The van der Waals surface area contributed by atoms with E-state index < -0.39 is 0 Å². The molecule has 1 atom stereocenters. The predicted molar refractivity (Wildman–Crippen MR) is 109 cm³/mol. The number of fused-ring (bicyclic) bond motifs is 1. The summed E-state index contributed by atoms with van der Waals surface area (Å²) in [6.07, 6.45) is 2.83. The van der Waals surface area contributed by atoms with Crippen molar-refractivity contribution in [1.82, 2.24) is 19.7 Å². The van der Waals surface area contributed by atoms with Crippen molar-refractivity contribution in [3.05, 3.63) is 60.1 Å². The number of carbonyl (C=O) groups is 1. The minimum atomic E-state index is -0.173. The van der Waals surface area contributed by atoms with Crippen molar-refractivity contribution in [2.24, 2.45) is 0 Å². The lowest BCUT2D eigenvalue weighted by Gasteiger charge is -2.29. The molecule has 0 fully saturated rings. The third-order valence-corrected chi connectivity index (χ3v) is 4.63. The number of ether oxygens (including phenoxy) is 2. The summed E-state index contributed by atoms with van der Waals surface area (Å²) < 4.78 is 13.2. The molecule has 8 nitrogen and oxygen atoms in total. The zero-order valence-corrected chi connectivity index (χ0v) is 16.5. The van der Waals surface area contributed by atoms with Crippen LogP contribution in [0.3, 0.4) is 0 Å². The maximum absolute atomic E-state index is 12.6. The number of aromatic nitrogens is 3. The molecule has 1 N–H and O–H groups in total. The monoisotopic (exact) mass is 413 g/mol. The molecule has 0 aliphatic carbocycles. The average molecular weight is 414 g/mol. The fourth-order valence-corrected chi connectivity index (χ4v) is 3.31. The van der Waals surface area contributed by atoms with Crippen LogP contribution in [0.2, 0.25) is 5.02 Å². The first-order valence-corrected chi connectivity index (χ1v) is 9.48. The van der Waals surface area contributed by atoms with Gasteiger partial charge >= 0.3 is 0 Å². The molecular formula is C20H20ClN5O3. The zero-order valence-electron chi connectivity index (χ0n) is 15.8. The number of nitrogens with zero attached hydrogens (tertiary/aromatic N) is 4. The van der Waals surface area contributed by atoms with Crippen molar-refractivity contribution >= 4 is 23.2 Å². The Hall–Kier alpha value is -3.10. The molecule has 1 amide bonds. The van der Waals surface area contributed by atoms with Gasteiger partial charge in [0.05, 0.1) is 17.9 Å². The lowest BCUT2D eigenvalue weighted by molar-refractivity contribution is -0.117. The second kappa shape index (κ2) is 8.50. The highest BCUT2D eigenvalue weighted by Crippen LogP contribution is 2.31. The molecule has 9 heteroatoms. The van der Waals surface area contributed by atoms with Crippen LogP contribution >= 0.6 is 11.6 Å². The number of halogens is 1. The Kier molecular flexibility index (Phi) is 5.64. The number of anilines is 1. The van der Waals surface area contributed by atoms with Crippen molar-refractivity contribution < 1.29 is 14.3 Å². The van der Waals surface area contributed by atoms with Crippen molar-refractivity contribution in [1.29, 1.82) is 0 Å². The lowest BCUT2D eigenvalue weighted by atomic mass is 10.2. The van der Waals surface area contributed by atoms with Crippen LogP contribution in [-0.2, 0) is 4.79 Å². The van der Waals surface area contributed by atoms with Crippen LogP contribution in [0, 0.1) is 0 Å². The first kappa shape index (κ1) is 19.2. The summed E-state index contributed by atoms with van der Waals surface area (Å²) >= 11 is 6.10. The van der Waals surface area contributed by atoms with Gasteiger partial charge in [-0.15, -0.1) is 0 Å². The van der Waals surface area contributed by atoms with E-state index in [1.54, 1.807) is 29.2 Å². The topological polar surface area (TPSA) is 81.5 Å². The minimum absolute atomic E-state index is 0.153. The molecule has 1 aromatic heterocycles. The van der Waals surface area contributed by atoms with Crippen LogP contribution in [0.15, 0.2) is 55.1 Å². The number of likely N-dealkylation sites (N-methyl/N-ethyl adjacent to an activating group) is 1. The molecule has 0 bridgehead atoms. The molecule has 2 aromatic carbocycles. The standard InChI is InChI=1S/C20H20ClN5O3/c1-25(9-15-11-28-18-4-2-3-5-19(18)29-15)10-20(27)24-16-8-14(21)6-7-17(16)26-13-22-12-23-26/h2-8,12-13,15H,9-11H2,1H3,(H,24,27). The summed E-state index contributed by atoms with van der Waals surface area (Å²) in [5, 5.41) is 7.53. The first-order valence-electron chi connectivity index (χ1n) is 9.10. The maximum atomic E-state index is 12.6. The van der Waals surface area contributed by atoms with Gasteiger partial charge in [-0.3, -0.25) is 9.69 Å². The van der Waals surface area contributed by atoms with E-state index in [-0.39, 0.29) is 18.6 Å². The summed E-state index contributed by atoms with van der Waals surface area (Å²) in [5.41, 5.74) is 1.25. The second-order valence-electron chi connectivity index (χ2n) is 6.74. The SMILES string of the molecule is CN(CC(=O)Nc1cc(Cl)ccc1-n1cncn1)CC1COc2ccccc2O1. The summed E-state index contributed by atoms with van der Waals surface area (Å²) in [5.74, 6) is 1.29. The minimum Gasteiger partial charge on any atom is -0.486 e. The maximum Gasteiger partial charge on any atom is 0.238 e. The third kappa shape index (κ3) is 4.67. The highest BCUT2D eigenvalue weighted by Gasteiger charge is 2.23. The van der Waals surface area contributed by atoms with Gasteiger partial charge in [-0.25, -0.2) is 9.67 Å². The van der Waals surface area contributed by atoms with Gasteiger partial charge < -0.3 is 14.8 Å². The van der Waals surface area contributed by atoms with Gasteiger partial charge in [-0.1, -0.05) is 23.7 Å². The molecule has 150 valence electrons. The Morgan fingerprint density at radius 3 is 2.93 bits per heavy atom. The molecule has 2 heterocycles. The number of para-hydroxylation sites is 2. The smallest absolute Gasteiger partial charge is 0.238 e. The Labute approximate surface area is 173 Å². The number of rotatable bonds is 6. The molecular weight excluding hydrogens is 394 g/mol. The highest BCUT2D eigenvalue weighted by molar-refractivity contribution is 6.31. The molecule has 0 saturated heterocycles. The molecule has 0 spiro atoms. The third-order valence-electron chi connectivity index (χ3n) is 4.39. The average Bonchev–Trinajstić information content (AvgIpc) is 3.22. The molecule has 0 radical (unpaired) electrons. The number of benzene rings is 2. The fourth-order valence-electron chi connectivity index (χ4n) is 3.14. The molecule has 3 aromatic rings. The van der Waals surface area contributed by atoms with E-state index in [1.165, 1.54) is 6.33 Å². The number of nitrogens with one attached hydrogen (secondary N) is 1. The fraction of sp³-hybridized carbons (Fsp3) is 0.250. The van der Waals surface area contributed by atoms with Crippen LogP contribution in [0.1, 0.15) is 0 Å². The largest absolute Gasteiger partial charge is 0.486 e. The molecule has 29 heavy (non-hydrogen) atoms. The van der Waals surface area contributed by atoms with E-state index in [0.29, 0.717) is 29.5 Å². The van der Waals surface area contributed by atoms with Crippen LogP contribution in [-0.4, -0.2) is 58.4 Å². The summed E-state index contributed by atoms with van der Waals surface area (Å²) in [4.78, 5) is 18.4. The van der Waals surface area contributed by atoms with Crippen molar-refractivity contribution in [2.45, 2.75) is 6.10 Å². The lowest BCUT2D eigenvalue weighted by Crippen LogP contribution is -2.42. The molecule has 1 aliphatic heterocycles. The van der Waals surface area contributed by atoms with Gasteiger partial charge in [-0.05, 0) is 37.4 Å². The van der Waals surface area contributed by atoms with Gasteiger partial charge in [0.2, 0.25) is 5.91 Å². The normalized spacial score (nSPS) is 15.3. The summed E-state index contributed by atoms with van der Waals surface area (Å²) in [6, 6.07) is 12.8. The number of carbonyl (C=O) groups excluding carboxylic acids is 1. The molecule has 0 saturated carbocycles. The van der Waals surface area contributed by atoms with E-state index in [0.717, 1.165) is 11.5 Å². The van der Waals surface area contributed by atoms with E-state index in [9.17, 15) is 4.79 Å². The van der Waals surface area contributed by atoms with Crippen LogP contribution in [0.25, 0.3) is 5.69 Å². The van der Waals surface area contributed by atoms with Gasteiger partial charge in [0, 0.05) is 11.6 Å². The number of hydrogen-bond acceptors (Lipinski definition) is 6. The zero-order chi connectivity index (χ0) is 20.2.